The summed E-state index contributed by atoms with van der Waals surface area (Å²) in [5.74, 6) is -0.475. The summed E-state index contributed by atoms with van der Waals surface area (Å²) in [6.45, 7) is 1.35. The van der Waals surface area contributed by atoms with Crippen LogP contribution in [-0.2, 0) is 4.79 Å². The molecule has 2 rings (SSSR count). The maximum Gasteiger partial charge on any atom is 0.317 e. The molecular weight excluding hydrogens is 232 g/mol. The van der Waals surface area contributed by atoms with Crippen molar-refractivity contribution in [1.29, 1.82) is 0 Å². The molecule has 0 aromatic heterocycles. The molecule has 1 atom stereocenters. The maximum absolute atomic E-state index is 11.9. The zero-order valence-electron chi connectivity index (χ0n) is 10.7. The number of urea groups is 1. The molecule has 1 unspecified atom stereocenters. The number of nitrogens with zero attached hydrogens (tertiary/aromatic N) is 1. The third-order valence-electron chi connectivity index (χ3n) is 4.04. The maximum atomic E-state index is 11.9. The fourth-order valence-electron chi connectivity index (χ4n) is 2.99. The molecule has 0 bridgehead atoms. The first-order valence-electron chi connectivity index (χ1n) is 6.93. The van der Waals surface area contributed by atoms with Gasteiger partial charge in [0.25, 0.3) is 0 Å². The summed E-state index contributed by atoms with van der Waals surface area (Å²) < 4.78 is 0. The van der Waals surface area contributed by atoms with Crippen LogP contribution in [0.3, 0.4) is 0 Å². The van der Waals surface area contributed by atoms with Crippen molar-refractivity contribution in [3.05, 3.63) is 0 Å². The fraction of sp³-hybridized carbons (Fsp3) is 0.846. The molecule has 5 heteroatoms. The summed E-state index contributed by atoms with van der Waals surface area (Å²) in [5, 5.41) is 11.6. The molecule has 1 aliphatic heterocycles. The van der Waals surface area contributed by atoms with E-state index < -0.39 is 5.97 Å². The smallest absolute Gasteiger partial charge is 0.317 e. The topological polar surface area (TPSA) is 69.6 Å². The highest BCUT2D eigenvalue weighted by atomic mass is 16.4. The third kappa shape index (κ3) is 3.37. The minimum absolute atomic E-state index is 0.0356. The largest absolute Gasteiger partial charge is 0.481 e. The number of amides is 2. The van der Waals surface area contributed by atoms with E-state index in [1.165, 1.54) is 19.3 Å². The average molecular weight is 254 g/mol. The van der Waals surface area contributed by atoms with Crippen LogP contribution in [0.15, 0.2) is 0 Å². The van der Waals surface area contributed by atoms with E-state index in [2.05, 4.69) is 5.32 Å². The van der Waals surface area contributed by atoms with Crippen LogP contribution < -0.4 is 5.32 Å². The van der Waals surface area contributed by atoms with E-state index in [9.17, 15) is 9.59 Å². The molecule has 5 nitrogen and oxygen atoms in total. The van der Waals surface area contributed by atoms with Crippen molar-refractivity contribution < 1.29 is 14.7 Å². The summed E-state index contributed by atoms with van der Waals surface area (Å²) in [5.41, 5.74) is 0. The number of aliphatic carboxylic acids is 1. The van der Waals surface area contributed by atoms with Gasteiger partial charge < -0.3 is 15.3 Å². The Labute approximate surface area is 108 Å². The van der Waals surface area contributed by atoms with Crippen LogP contribution in [0.25, 0.3) is 0 Å². The molecule has 2 fully saturated rings. The molecule has 1 saturated heterocycles. The first kappa shape index (κ1) is 13.2. The summed E-state index contributed by atoms with van der Waals surface area (Å²) in [7, 11) is 0. The van der Waals surface area contributed by atoms with E-state index in [1.54, 1.807) is 0 Å². The number of carboxylic acid groups (broad SMARTS) is 1. The van der Waals surface area contributed by atoms with Crippen molar-refractivity contribution >= 4 is 12.0 Å². The van der Waals surface area contributed by atoms with E-state index in [4.69, 9.17) is 5.11 Å². The molecule has 2 aliphatic rings. The first-order valence-corrected chi connectivity index (χ1v) is 6.93. The van der Waals surface area contributed by atoms with E-state index in [0.717, 1.165) is 19.4 Å². The molecule has 0 spiro atoms. The lowest BCUT2D eigenvalue weighted by molar-refractivity contribution is -0.137. The van der Waals surface area contributed by atoms with Crippen LogP contribution in [0.1, 0.15) is 44.9 Å². The summed E-state index contributed by atoms with van der Waals surface area (Å²) >= 11 is 0. The van der Waals surface area contributed by atoms with Gasteiger partial charge in [0, 0.05) is 25.6 Å². The number of carboxylic acids is 1. The van der Waals surface area contributed by atoms with Crippen molar-refractivity contribution in [2.24, 2.45) is 5.92 Å². The van der Waals surface area contributed by atoms with Crippen molar-refractivity contribution in [2.45, 2.75) is 51.0 Å². The lowest BCUT2D eigenvalue weighted by Gasteiger charge is -2.40. The van der Waals surface area contributed by atoms with Crippen LogP contribution in [0.5, 0.6) is 0 Å². The van der Waals surface area contributed by atoms with Crippen molar-refractivity contribution in [3.8, 4) is 0 Å². The van der Waals surface area contributed by atoms with Gasteiger partial charge in [-0.15, -0.1) is 0 Å². The minimum Gasteiger partial charge on any atom is -0.481 e. The SMILES string of the molecule is O=C(O)CCC1CNC(=O)N(C2CCCCC2)C1. The second-order valence-corrected chi connectivity index (χ2v) is 5.43. The Morgan fingerprint density at radius 3 is 2.72 bits per heavy atom. The van der Waals surface area contributed by atoms with Gasteiger partial charge in [-0.1, -0.05) is 19.3 Å². The van der Waals surface area contributed by atoms with Gasteiger partial charge in [-0.3, -0.25) is 4.79 Å². The molecule has 1 aliphatic carbocycles. The standard InChI is InChI=1S/C13H22N2O3/c16-12(17)7-6-10-8-14-13(18)15(9-10)11-4-2-1-3-5-11/h10-11H,1-9H2,(H,14,18)(H,16,17). The molecule has 0 aromatic rings. The van der Waals surface area contributed by atoms with Gasteiger partial charge >= 0.3 is 12.0 Å². The van der Waals surface area contributed by atoms with Crippen LogP contribution in [-0.4, -0.2) is 41.1 Å². The number of carbonyl (C=O) groups is 2. The Morgan fingerprint density at radius 1 is 1.33 bits per heavy atom. The molecule has 102 valence electrons. The van der Waals surface area contributed by atoms with Gasteiger partial charge in [-0.05, 0) is 25.2 Å². The number of hydrogen-bond donors (Lipinski definition) is 2. The van der Waals surface area contributed by atoms with Gasteiger partial charge in [0.15, 0.2) is 0 Å². The van der Waals surface area contributed by atoms with E-state index in [-0.39, 0.29) is 18.4 Å². The minimum atomic E-state index is -0.754. The average Bonchev–Trinajstić information content (AvgIpc) is 2.38. The van der Waals surface area contributed by atoms with Crippen molar-refractivity contribution in [1.82, 2.24) is 10.2 Å². The fourth-order valence-corrected chi connectivity index (χ4v) is 2.99. The Balaban J connectivity index is 1.87. The van der Waals surface area contributed by atoms with Gasteiger partial charge in [-0.2, -0.15) is 0 Å². The molecule has 1 heterocycles. The Kier molecular flexibility index (Phi) is 4.44. The van der Waals surface area contributed by atoms with Gasteiger partial charge in [0.05, 0.1) is 0 Å². The molecule has 2 amide bonds. The number of rotatable bonds is 4. The third-order valence-corrected chi connectivity index (χ3v) is 4.04. The predicted octanol–water partition coefficient (Wildman–Crippen LogP) is 1.83. The zero-order chi connectivity index (χ0) is 13.0. The van der Waals surface area contributed by atoms with Crippen LogP contribution in [0.2, 0.25) is 0 Å². The second-order valence-electron chi connectivity index (χ2n) is 5.43. The molecular formula is C13H22N2O3. The van der Waals surface area contributed by atoms with Crippen molar-refractivity contribution in [3.63, 3.8) is 0 Å². The van der Waals surface area contributed by atoms with Gasteiger partial charge in [0.2, 0.25) is 0 Å². The van der Waals surface area contributed by atoms with Gasteiger partial charge in [0.1, 0.15) is 0 Å². The number of hydrogen-bond acceptors (Lipinski definition) is 2. The first-order chi connectivity index (χ1) is 8.66. The lowest BCUT2D eigenvalue weighted by Crippen LogP contribution is -2.55. The lowest BCUT2D eigenvalue weighted by atomic mass is 9.92. The summed E-state index contributed by atoms with van der Waals surface area (Å²) in [6.07, 6.45) is 6.72. The molecule has 2 N–H and O–H groups in total. The second kappa shape index (κ2) is 6.07. The number of nitrogens with one attached hydrogen (secondary N) is 1. The summed E-state index contributed by atoms with van der Waals surface area (Å²) in [4.78, 5) is 24.4. The predicted molar refractivity (Wildman–Crippen MR) is 67.3 cm³/mol. The van der Waals surface area contributed by atoms with Crippen molar-refractivity contribution in [2.75, 3.05) is 13.1 Å². The Bertz CT molecular complexity index is 313. The highest BCUT2D eigenvalue weighted by Gasteiger charge is 2.31. The number of carbonyl (C=O) groups excluding carboxylic acids is 1. The Morgan fingerprint density at radius 2 is 2.06 bits per heavy atom. The monoisotopic (exact) mass is 254 g/mol. The quantitative estimate of drug-likeness (QED) is 0.804. The molecule has 0 radical (unpaired) electrons. The Hall–Kier alpha value is -1.26. The van der Waals surface area contributed by atoms with E-state index >= 15 is 0 Å². The molecule has 0 aromatic carbocycles. The molecule has 18 heavy (non-hydrogen) atoms. The van der Waals surface area contributed by atoms with Crippen LogP contribution in [0, 0.1) is 5.92 Å². The summed E-state index contributed by atoms with van der Waals surface area (Å²) in [6, 6.07) is 0.403. The zero-order valence-corrected chi connectivity index (χ0v) is 10.7. The van der Waals surface area contributed by atoms with E-state index in [1.807, 2.05) is 4.90 Å². The van der Waals surface area contributed by atoms with E-state index in [0.29, 0.717) is 19.0 Å². The van der Waals surface area contributed by atoms with Gasteiger partial charge in [-0.25, -0.2) is 4.79 Å². The highest BCUT2D eigenvalue weighted by Crippen LogP contribution is 2.25. The molecule has 1 saturated carbocycles. The van der Waals surface area contributed by atoms with Crippen LogP contribution in [0.4, 0.5) is 4.79 Å². The normalized spacial score (nSPS) is 25.9. The van der Waals surface area contributed by atoms with Crippen LogP contribution >= 0.6 is 0 Å². The highest BCUT2D eigenvalue weighted by molar-refractivity contribution is 5.75.